The van der Waals surface area contributed by atoms with Crippen LogP contribution in [0.2, 0.25) is 0 Å². The van der Waals surface area contributed by atoms with Crippen molar-refractivity contribution in [3.63, 3.8) is 0 Å². The zero-order valence-corrected chi connectivity index (χ0v) is 12.6. The second-order valence-electron chi connectivity index (χ2n) is 3.72. The number of rotatable bonds is 3. The Hall–Kier alpha value is -1.40. The monoisotopic (exact) mass is 387 g/mol. The van der Waals surface area contributed by atoms with Crippen LogP contribution in [0.4, 0.5) is 15.8 Å². The Labute approximate surface area is 125 Å². The van der Waals surface area contributed by atoms with E-state index in [4.69, 9.17) is 5.11 Å². The molecule has 0 aliphatic rings. The summed E-state index contributed by atoms with van der Waals surface area (Å²) in [5.41, 5.74) is 0.406. The Morgan fingerprint density at radius 1 is 1.21 bits per heavy atom. The molecule has 0 unspecified atom stereocenters. The predicted molar refractivity (Wildman–Crippen MR) is 78.5 cm³/mol. The van der Waals surface area contributed by atoms with Gasteiger partial charge in [0.25, 0.3) is 0 Å². The van der Waals surface area contributed by atoms with E-state index < -0.39 is 11.8 Å². The van der Waals surface area contributed by atoms with Gasteiger partial charge in [0.2, 0.25) is 0 Å². The summed E-state index contributed by atoms with van der Waals surface area (Å²) in [4.78, 5) is 11.1. The highest BCUT2D eigenvalue weighted by Crippen LogP contribution is 2.31. The average molecular weight is 389 g/mol. The lowest BCUT2D eigenvalue weighted by Gasteiger charge is -2.12. The summed E-state index contributed by atoms with van der Waals surface area (Å²) in [6, 6.07) is 9.19. The lowest BCUT2D eigenvalue weighted by Crippen LogP contribution is -2.05. The third kappa shape index (κ3) is 3.13. The van der Waals surface area contributed by atoms with E-state index in [-0.39, 0.29) is 11.3 Å². The molecule has 0 aromatic heterocycles. The van der Waals surface area contributed by atoms with Crippen LogP contribution < -0.4 is 5.32 Å². The molecule has 0 aliphatic carbocycles. The zero-order valence-electron chi connectivity index (χ0n) is 9.45. The molecule has 2 N–H and O–H groups in total. The molecule has 19 heavy (non-hydrogen) atoms. The molecule has 0 bridgehead atoms. The van der Waals surface area contributed by atoms with E-state index in [0.29, 0.717) is 10.2 Å². The van der Waals surface area contributed by atoms with E-state index in [2.05, 4.69) is 37.2 Å². The highest BCUT2D eigenvalue weighted by molar-refractivity contribution is 9.11. The summed E-state index contributed by atoms with van der Waals surface area (Å²) in [7, 11) is 0. The van der Waals surface area contributed by atoms with Gasteiger partial charge in [0.1, 0.15) is 5.82 Å². The summed E-state index contributed by atoms with van der Waals surface area (Å²) in [6.45, 7) is 0. The van der Waals surface area contributed by atoms with E-state index in [1.165, 1.54) is 18.2 Å². The number of carboxylic acids is 1. The molecule has 6 heteroatoms. The topological polar surface area (TPSA) is 49.3 Å². The van der Waals surface area contributed by atoms with Crippen molar-refractivity contribution in [2.45, 2.75) is 0 Å². The van der Waals surface area contributed by atoms with Crippen molar-refractivity contribution in [1.29, 1.82) is 0 Å². The van der Waals surface area contributed by atoms with Crippen LogP contribution in [0.15, 0.2) is 45.3 Å². The SMILES string of the molecule is O=C(O)c1cccc(F)c1Nc1ccc(Br)cc1Br. The highest BCUT2D eigenvalue weighted by Gasteiger charge is 2.15. The summed E-state index contributed by atoms with van der Waals surface area (Å²) >= 11 is 6.64. The van der Waals surface area contributed by atoms with Gasteiger partial charge in [-0.2, -0.15) is 0 Å². The fourth-order valence-electron chi connectivity index (χ4n) is 1.55. The minimum atomic E-state index is -1.18. The van der Waals surface area contributed by atoms with Gasteiger partial charge in [0, 0.05) is 8.95 Å². The first-order valence-corrected chi connectivity index (χ1v) is 6.81. The number of nitrogens with one attached hydrogen (secondary N) is 1. The van der Waals surface area contributed by atoms with Crippen molar-refractivity contribution >= 4 is 49.2 Å². The van der Waals surface area contributed by atoms with Crippen LogP contribution in [0.5, 0.6) is 0 Å². The van der Waals surface area contributed by atoms with Crippen molar-refractivity contribution in [1.82, 2.24) is 0 Å². The fourth-order valence-corrected chi connectivity index (χ4v) is 2.70. The Balaban J connectivity index is 2.46. The minimum absolute atomic E-state index is 0.0574. The molecule has 0 saturated heterocycles. The number of carboxylic acid groups (broad SMARTS) is 1. The predicted octanol–water partition coefficient (Wildman–Crippen LogP) is 4.79. The number of carbonyl (C=O) groups is 1. The number of halogens is 3. The molecule has 0 aliphatic heterocycles. The molecule has 2 rings (SSSR count). The molecule has 0 atom stereocenters. The van der Waals surface area contributed by atoms with E-state index >= 15 is 0 Å². The highest BCUT2D eigenvalue weighted by atomic mass is 79.9. The van der Waals surface area contributed by atoms with Crippen LogP contribution in [0.1, 0.15) is 10.4 Å². The van der Waals surface area contributed by atoms with Crippen molar-refractivity contribution in [3.8, 4) is 0 Å². The van der Waals surface area contributed by atoms with E-state index in [1.807, 2.05) is 0 Å². The number of aromatic carboxylic acids is 1. The molecular formula is C13H8Br2FNO2. The number of anilines is 2. The Kier molecular flexibility index (Phi) is 4.21. The molecule has 3 nitrogen and oxygen atoms in total. The number of benzene rings is 2. The third-order valence-electron chi connectivity index (χ3n) is 2.43. The summed E-state index contributed by atoms with van der Waals surface area (Å²) < 4.78 is 15.3. The smallest absolute Gasteiger partial charge is 0.337 e. The maximum atomic E-state index is 13.8. The Morgan fingerprint density at radius 3 is 2.58 bits per heavy atom. The van der Waals surface area contributed by atoms with Crippen molar-refractivity contribution in [2.75, 3.05) is 5.32 Å². The van der Waals surface area contributed by atoms with Crippen LogP contribution in [0.3, 0.4) is 0 Å². The molecule has 0 fully saturated rings. The molecule has 0 amide bonds. The summed E-state index contributed by atoms with van der Waals surface area (Å²) in [6.07, 6.45) is 0. The van der Waals surface area contributed by atoms with Crippen LogP contribution in [-0.2, 0) is 0 Å². The maximum absolute atomic E-state index is 13.8. The van der Waals surface area contributed by atoms with E-state index in [9.17, 15) is 9.18 Å². The zero-order chi connectivity index (χ0) is 14.0. The first-order chi connectivity index (χ1) is 8.99. The van der Waals surface area contributed by atoms with Crippen molar-refractivity contribution in [3.05, 3.63) is 56.7 Å². The molecule has 2 aromatic rings. The van der Waals surface area contributed by atoms with Gasteiger partial charge in [-0.1, -0.05) is 22.0 Å². The Bertz CT molecular complexity index is 647. The van der Waals surface area contributed by atoms with Gasteiger partial charge in [-0.05, 0) is 46.3 Å². The van der Waals surface area contributed by atoms with Gasteiger partial charge in [0.05, 0.1) is 16.9 Å². The first-order valence-electron chi connectivity index (χ1n) is 5.23. The van der Waals surface area contributed by atoms with Gasteiger partial charge >= 0.3 is 5.97 Å². The third-order valence-corrected chi connectivity index (χ3v) is 3.58. The second kappa shape index (κ2) is 5.71. The summed E-state index contributed by atoms with van der Waals surface area (Å²) in [5.74, 6) is -1.80. The molecule has 0 heterocycles. The maximum Gasteiger partial charge on any atom is 0.337 e. The normalized spacial score (nSPS) is 10.3. The average Bonchev–Trinajstić information content (AvgIpc) is 2.34. The van der Waals surface area contributed by atoms with Crippen LogP contribution in [0, 0.1) is 5.82 Å². The quantitative estimate of drug-likeness (QED) is 0.794. The first kappa shape index (κ1) is 14.0. The van der Waals surface area contributed by atoms with Crippen LogP contribution in [0.25, 0.3) is 0 Å². The van der Waals surface area contributed by atoms with Gasteiger partial charge < -0.3 is 10.4 Å². The molecule has 2 aromatic carbocycles. The van der Waals surface area contributed by atoms with Crippen LogP contribution in [-0.4, -0.2) is 11.1 Å². The van der Waals surface area contributed by atoms with Crippen molar-refractivity contribution < 1.29 is 14.3 Å². The van der Waals surface area contributed by atoms with Crippen molar-refractivity contribution in [2.24, 2.45) is 0 Å². The largest absolute Gasteiger partial charge is 0.478 e. The molecule has 0 radical (unpaired) electrons. The number of hydrogen-bond donors (Lipinski definition) is 2. The van der Waals surface area contributed by atoms with Gasteiger partial charge in [-0.3, -0.25) is 0 Å². The lowest BCUT2D eigenvalue weighted by molar-refractivity contribution is 0.0697. The molecule has 0 spiro atoms. The lowest BCUT2D eigenvalue weighted by atomic mass is 10.1. The van der Waals surface area contributed by atoms with Gasteiger partial charge in [-0.25, -0.2) is 9.18 Å². The standard InChI is InChI=1S/C13H8Br2FNO2/c14-7-4-5-11(9(15)6-7)17-12-8(13(18)19)2-1-3-10(12)16/h1-6,17H,(H,18,19). The molecule has 98 valence electrons. The second-order valence-corrected chi connectivity index (χ2v) is 5.49. The molecule has 0 saturated carbocycles. The fraction of sp³-hybridized carbons (Fsp3) is 0. The van der Waals surface area contributed by atoms with Gasteiger partial charge in [-0.15, -0.1) is 0 Å². The molecular weight excluding hydrogens is 381 g/mol. The number of para-hydroxylation sites is 1. The Morgan fingerprint density at radius 2 is 1.95 bits per heavy atom. The van der Waals surface area contributed by atoms with Crippen LogP contribution >= 0.6 is 31.9 Å². The number of hydrogen-bond acceptors (Lipinski definition) is 2. The van der Waals surface area contributed by atoms with E-state index in [1.54, 1.807) is 18.2 Å². The minimum Gasteiger partial charge on any atom is -0.478 e. The van der Waals surface area contributed by atoms with Gasteiger partial charge in [0.15, 0.2) is 0 Å². The van der Waals surface area contributed by atoms with E-state index in [0.717, 1.165) is 4.47 Å². The summed E-state index contributed by atoms with van der Waals surface area (Å²) in [5, 5.41) is 11.8.